The van der Waals surface area contributed by atoms with Crippen molar-refractivity contribution in [2.45, 2.75) is 18.4 Å². The number of methoxy groups -OCH3 is 1. The number of ether oxygens (including phenoxy) is 1. The van der Waals surface area contributed by atoms with E-state index < -0.39 is 10.0 Å². The summed E-state index contributed by atoms with van der Waals surface area (Å²) in [7, 11) is -0.385. The topological polar surface area (TPSA) is 73.2 Å². The highest BCUT2D eigenvalue weighted by Crippen LogP contribution is 2.24. The third-order valence-electron chi connectivity index (χ3n) is 3.91. The van der Waals surface area contributed by atoms with E-state index in [1.54, 1.807) is 12.1 Å². The molecule has 0 unspecified atom stereocenters. The van der Waals surface area contributed by atoms with Gasteiger partial charge in [-0.05, 0) is 36.8 Å². The lowest BCUT2D eigenvalue weighted by Crippen LogP contribution is -2.25. The van der Waals surface area contributed by atoms with E-state index in [0.717, 1.165) is 16.6 Å². The molecule has 7 heteroatoms. The monoisotopic (exact) mass is 345 g/mol. The fourth-order valence-corrected chi connectivity index (χ4v) is 3.82. The van der Waals surface area contributed by atoms with Gasteiger partial charge in [-0.3, -0.25) is 0 Å². The van der Waals surface area contributed by atoms with Crippen molar-refractivity contribution in [3.8, 4) is 5.75 Å². The van der Waals surface area contributed by atoms with Crippen LogP contribution in [0.25, 0.3) is 11.0 Å². The van der Waals surface area contributed by atoms with E-state index >= 15 is 0 Å². The first kappa shape index (κ1) is 16.5. The molecule has 0 aliphatic heterocycles. The molecule has 1 N–H and O–H groups in total. The number of aryl methyl sites for hydroxylation is 2. The fourth-order valence-electron chi connectivity index (χ4n) is 2.58. The first-order valence-corrected chi connectivity index (χ1v) is 8.95. The number of rotatable bonds is 5. The van der Waals surface area contributed by atoms with Crippen LogP contribution in [-0.4, -0.2) is 25.1 Å². The first-order valence-electron chi connectivity index (χ1n) is 7.47. The Morgan fingerprint density at radius 2 is 1.96 bits per heavy atom. The minimum Gasteiger partial charge on any atom is -0.495 e. The molecule has 126 valence electrons. The van der Waals surface area contributed by atoms with E-state index in [-0.39, 0.29) is 11.4 Å². The van der Waals surface area contributed by atoms with Gasteiger partial charge in [0.15, 0.2) is 0 Å². The predicted octanol–water partition coefficient (Wildman–Crippen LogP) is 2.37. The number of nitrogens with one attached hydrogen (secondary N) is 1. The second kappa shape index (κ2) is 6.26. The third-order valence-corrected chi connectivity index (χ3v) is 5.33. The van der Waals surface area contributed by atoms with E-state index in [0.29, 0.717) is 11.6 Å². The molecule has 0 aliphatic carbocycles. The Morgan fingerprint density at radius 1 is 1.21 bits per heavy atom. The summed E-state index contributed by atoms with van der Waals surface area (Å²) in [5, 5.41) is 0. The van der Waals surface area contributed by atoms with Crippen LogP contribution in [0.2, 0.25) is 0 Å². The zero-order valence-corrected chi connectivity index (χ0v) is 14.6. The van der Waals surface area contributed by atoms with Crippen LogP contribution in [0.1, 0.15) is 11.4 Å². The van der Waals surface area contributed by atoms with E-state index in [9.17, 15) is 8.42 Å². The minimum atomic E-state index is -3.71. The summed E-state index contributed by atoms with van der Waals surface area (Å²) in [5.41, 5.74) is 2.64. The lowest BCUT2D eigenvalue weighted by Gasteiger charge is -2.11. The highest BCUT2D eigenvalue weighted by molar-refractivity contribution is 7.89. The van der Waals surface area contributed by atoms with Crippen molar-refractivity contribution < 1.29 is 13.2 Å². The average molecular weight is 345 g/mol. The van der Waals surface area contributed by atoms with Gasteiger partial charge in [0.05, 0.1) is 24.7 Å². The second-order valence-electron chi connectivity index (χ2n) is 5.55. The number of para-hydroxylation sites is 2. The van der Waals surface area contributed by atoms with Crippen LogP contribution in [0, 0.1) is 6.92 Å². The van der Waals surface area contributed by atoms with Crippen LogP contribution in [-0.2, 0) is 23.6 Å². The van der Waals surface area contributed by atoms with Gasteiger partial charge in [-0.2, -0.15) is 0 Å². The Bertz CT molecular complexity index is 993. The summed E-state index contributed by atoms with van der Waals surface area (Å²) in [6, 6.07) is 12.7. The molecule has 0 aliphatic rings. The maximum absolute atomic E-state index is 12.6. The van der Waals surface area contributed by atoms with Gasteiger partial charge in [-0.15, -0.1) is 0 Å². The van der Waals surface area contributed by atoms with Gasteiger partial charge in [0.25, 0.3) is 0 Å². The molecule has 1 aromatic heterocycles. The Kier molecular flexibility index (Phi) is 4.29. The van der Waals surface area contributed by atoms with Gasteiger partial charge in [-0.25, -0.2) is 18.1 Å². The van der Waals surface area contributed by atoms with Crippen LogP contribution >= 0.6 is 0 Å². The van der Waals surface area contributed by atoms with Gasteiger partial charge in [0.1, 0.15) is 16.5 Å². The number of sulfonamides is 1. The second-order valence-corrected chi connectivity index (χ2v) is 7.29. The van der Waals surface area contributed by atoms with Crippen molar-refractivity contribution in [3.63, 3.8) is 0 Å². The summed E-state index contributed by atoms with van der Waals surface area (Å²) in [5.74, 6) is 0.962. The quantitative estimate of drug-likeness (QED) is 0.770. The molecule has 6 nitrogen and oxygen atoms in total. The lowest BCUT2D eigenvalue weighted by atomic mass is 10.2. The molecule has 0 amide bonds. The van der Waals surface area contributed by atoms with Crippen LogP contribution in [0.4, 0.5) is 0 Å². The molecule has 0 fully saturated rings. The molecule has 24 heavy (non-hydrogen) atoms. The molecular weight excluding hydrogens is 326 g/mol. The number of fused-ring (bicyclic) bond motifs is 1. The molecule has 0 bridgehead atoms. The Balaban J connectivity index is 1.90. The molecule has 2 aromatic carbocycles. The van der Waals surface area contributed by atoms with Gasteiger partial charge in [0, 0.05) is 7.05 Å². The average Bonchev–Trinajstić information content (AvgIpc) is 2.90. The van der Waals surface area contributed by atoms with Crippen molar-refractivity contribution in [3.05, 3.63) is 53.9 Å². The number of hydrogen-bond donors (Lipinski definition) is 1. The Morgan fingerprint density at radius 3 is 2.67 bits per heavy atom. The molecular formula is C17H19N3O3S. The van der Waals surface area contributed by atoms with E-state index in [2.05, 4.69) is 9.71 Å². The summed E-state index contributed by atoms with van der Waals surface area (Å²) in [4.78, 5) is 4.60. The van der Waals surface area contributed by atoms with Crippen molar-refractivity contribution in [1.29, 1.82) is 0 Å². The molecule has 3 aromatic rings. The normalized spacial score (nSPS) is 11.8. The number of aromatic nitrogens is 2. The Hall–Kier alpha value is -2.38. The molecule has 1 heterocycles. The van der Waals surface area contributed by atoms with Crippen molar-refractivity contribution in [2.24, 2.45) is 7.05 Å². The molecule has 0 atom stereocenters. The van der Waals surface area contributed by atoms with E-state index in [1.165, 1.54) is 7.11 Å². The third kappa shape index (κ3) is 3.00. The van der Waals surface area contributed by atoms with Gasteiger partial charge in [-0.1, -0.05) is 18.2 Å². The SMILES string of the molecule is COc1ccc(C)cc1S(=O)(=O)NCc1nc2ccccc2n1C. The highest BCUT2D eigenvalue weighted by atomic mass is 32.2. The van der Waals surface area contributed by atoms with E-state index in [1.807, 2.05) is 48.9 Å². The first-order chi connectivity index (χ1) is 11.4. The number of hydrogen-bond acceptors (Lipinski definition) is 4. The minimum absolute atomic E-state index is 0.102. The van der Waals surface area contributed by atoms with E-state index in [4.69, 9.17) is 4.74 Å². The predicted molar refractivity (Wildman–Crippen MR) is 92.5 cm³/mol. The summed E-state index contributed by atoms with van der Waals surface area (Å²) >= 11 is 0. The zero-order chi connectivity index (χ0) is 17.3. The summed E-state index contributed by atoms with van der Waals surface area (Å²) in [6.07, 6.45) is 0. The smallest absolute Gasteiger partial charge is 0.244 e. The van der Waals surface area contributed by atoms with Crippen molar-refractivity contribution in [1.82, 2.24) is 14.3 Å². The van der Waals surface area contributed by atoms with Crippen LogP contribution in [0.3, 0.4) is 0 Å². The standard InChI is InChI=1S/C17H19N3O3S/c1-12-8-9-15(23-3)16(10-12)24(21,22)18-11-17-19-13-6-4-5-7-14(13)20(17)2/h4-10,18H,11H2,1-3H3. The number of nitrogens with zero attached hydrogens (tertiary/aromatic N) is 2. The maximum atomic E-state index is 12.6. The number of benzene rings is 2. The Labute approximate surface area is 141 Å². The zero-order valence-electron chi connectivity index (χ0n) is 13.8. The summed E-state index contributed by atoms with van der Waals surface area (Å²) in [6.45, 7) is 1.94. The van der Waals surface area contributed by atoms with Gasteiger partial charge >= 0.3 is 0 Å². The molecule has 0 saturated heterocycles. The largest absolute Gasteiger partial charge is 0.495 e. The number of imidazole rings is 1. The van der Waals surface area contributed by atoms with Crippen LogP contribution in [0.15, 0.2) is 47.4 Å². The van der Waals surface area contributed by atoms with Crippen LogP contribution < -0.4 is 9.46 Å². The molecule has 0 radical (unpaired) electrons. The molecule has 0 spiro atoms. The van der Waals surface area contributed by atoms with Crippen LogP contribution in [0.5, 0.6) is 5.75 Å². The molecule has 3 rings (SSSR count). The highest BCUT2D eigenvalue weighted by Gasteiger charge is 2.20. The molecule has 0 saturated carbocycles. The fraction of sp³-hybridized carbons (Fsp3) is 0.235. The van der Waals surface area contributed by atoms with Crippen molar-refractivity contribution >= 4 is 21.1 Å². The van der Waals surface area contributed by atoms with Gasteiger partial charge in [0.2, 0.25) is 10.0 Å². The van der Waals surface area contributed by atoms with Crippen molar-refractivity contribution in [2.75, 3.05) is 7.11 Å². The lowest BCUT2D eigenvalue weighted by molar-refractivity contribution is 0.402. The summed E-state index contributed by atoms with van der Waals surface area (Å²) < 4.78 is 34.9. The van der Waals surface area contributed by atoms with Gasteiger partial charge < -0.3 is 9.30 Å². The maximum Gasteiger partial charge on any atom is 0.244 e.